The number of rotatable bonds is 4. The third-order valence-corrected chi connectivity index (χ3v) is 8.30. The summed E-state index contributed by atoms with van der Waals surface area (Å²) in [6.45, 7) is 1.79. The van der Waals surface area contributed by atoms with Gasteiger partial charge in [-0.2, -0.15) is 0 Å². The molecule has 0 bridgehead atoms. The first-order valence-corrected chi connectivity index (χ1v) is 12.5. The number of hydrogen-bond acceptors (Lipinski definition) is 5. The Morgan fingerprint density at radius 3 is 2.65 bits per heavy atom. The number of urea groups is 1. The minimum absolute atomic E-state index is 0.0131. The summed E-state index contributed by atoms with van der Waals surface area (Å²) in [4.78, 5) is 44.4. The van der Waals surface area contributed by atoms with Gasteiger partial charge in [0.1, 0.15) is 17.8 Å². The van der Waals surface area contributed by atoms with E-state index in [-0.39, 0.29) is 41.7 Å². The lowest BCUT2D eigenvalue weighted by molar-refractivity contribution is -0.162. The van der Waals surface area contributed by atoms with Gasteiger partial charge >= 0.3 is 6.03 Å². The van der Waals surface area contributed by atoms with E-state index in [2.05, 4.69) is 5.32 Å². The van der Waals surface area contributed by atoms with Crippen LogP contribution < -0.4 is 5.32 Å². The maximum Gasteiger partial charge on any atom is 0.317 e. The normalized spacial score (nSPS) is 29.2. The lowest BCUT2D eigenvalue weighted by Crippen LogP contribution is -2.69. The molecular weight excluding hydrogens is 416 g/mol. The lowest BCUT2D eigenvalue weighted by atomic mass is 9.95. The third kappa shape index (κ3) is 4.16. The van der Waals surface area contributed by atoms with E-state index in [0.717, 1.165) is 37.2 Å². The topological polar surface area (TPSA) is 86.1 Å². The molecule has 4 fully saturated rings. The van der Waals surface area contributed by atoms with Crippen LogP contribution in [0.5, 0.6) is 0 Å². The van der Waals surface area contributed by atoms with Crippen molar-refractivity contribution < 1.29 is 18.8 Å². The van der Waals surface area contributed by atoms with Crippen molar-refractivity contribution in [2.75, 3.05) is 26.2 Å². The minimum atomic E-state index is -0.552. The first-order valence-electron chi connectivity index (χ1n) is 11.4. The van der Waals surface area contributed by atoms with E-state index in [4.69, 9.17) is 4.42 Å². The second-order valence-corrected chi connectivity index (χ2v) is 10.3. The van der Waals surface area contributed by atoms with Gasteiger partial charge in [-0.15, -0.1) is 11.8 Å². The Morgan fingerprint density at radius 2 is 1.87 bits per heavy atom. The van der Waals surface area contributed by atoms with E-state index in [1.807, 2.05) is 12.1 Å². The van der Waals surface area contributed by atoms with Crippen LogP contribution in [0.3, 0.4) is 0 Å². The second kappa shape index (κ2) is 8.76. The van der Waals surface area contributed by atoms with Crippen molar-refractivity contribution in [3.63, 3.8) is 0 Å². The first-order chi connectivity index (χ1) is 15.1. The zero-order chi connectivity index (χ0) is 21.4. The van der Waals surface area contributed by atoms with Crippen molar-refractivity contribution >= 4 is 29.6 Å². The highest BCUT2D eigenvalue weighted by Crippen LogP contribution is 2.35. The number of nitrogens with one attached hydrogen (secondary N) is 1. The smallest absolute Gasteiger partial charge is 0.317 e. The number of carbonyl (C=O) groups excluding carboxylic acids is 3. The number of piperazine rings is 2. The second-order valence-electron chi connectivity index (χ2n) is 9.03. The van der Waals surface area contributed by atoms with Gasteiger partial charge < -0.3 is 24.4 Å². The molecule has 3 unspecified atom stereocenters. The zero-order valence-corrected chi connectivity index (χ0v) is 18.5. The number of nitrogens with zero attached hydrogens (tertiary/aromatic N) is 3. The summed E-state index contributed by atoms with van der Waals surface area (Å²) in [5.41, 5.74) is 0. The quantitative estimate of drug-likeness (QED) is 0.765. The van der Waals surface area contributed by atoms with E-state index in [1.165, 1.54) is 6.42 Å². The summed E-state index contributed by atoms with van der Waals surface area (Å²) in [6.07, 6.45) is 7.95. The highest BCUT2D eigenvalue weighted by Gasteiger charge is 2.52. The molecule has 1 aliphatic carbocycles. The van der Waals surface area contributed by atoms with E-state index >= 15 is 0 Å². The summed E-state index contributed by atoms with van der Waals surface area (Å²) in [5.74, 6) is 1.67. The van der Waals surface area contributed by atoms with Crippen molar-refractivity contribution in [1.82, 2.24) is 20.0 Å². The Labute approximate surface area is 186 Å². The molecule has 3 saturated heterocycles. The van der Waals surface area contributed by atoms with Crippen LogP contribution in [-0.2, 0) is 15.3 Å². The predicted octanol–water partition coefficient (Wildman–Crippen LogP) is 2.05. The van der Waals surface area contributed by atoms with Crippen LogP contribution in [0, 0.1) is 0 Å². The maximum atomic E-state index is 13.3. The Balaban J connectivity index is 1.20. The van der Waals surface area contributed by atoms with Crippen LogP contribution in [0.4, 0.5) is 4.79 Å². The van der Waals surface area contributed by atoms with E-state index < -0.39 is 6.04 Å². The third-order valence-electron chi connectivity index (χ3n) is 7.04. The fourth-order valence-electron chi connectivity index (χ4n) is 5.33. The van der Waals surface area contributed by atoms with Gasteiger partial charge in [-0.25, -0.2) is 4.79 Å². The van der Waals surface area contributed by atoms with Crippen molar-refractivity contribution in [1.29, 1.82) is 0 Å². The molecule has 4 aliphatic rings. The number of thioether (sulfide) groups is 1. The monoisotopic (exact) mass is 446 g/mol. The van der Waals surface area contributed by atoms with Gasteiger partial charge in [-0.05, 0) is 31.4 Å². The summed E-state index contributed by atoms with van der Waals surface area (Å²) >= 11 is 1.74. The van der Waals surface area contributed by atoms with Crippen LogP contribution in [-0.4, -0.2) is 82.1 Å². The number of amides is 4. The molecule has 8 nitrogen and oxygen atoms in total. The molecule has 1 aromatic rings. The summed E-state index contributed by atoms with van der Waals surface area (Å²) in [6, 6.07) is 3.04. The van der Waals surface area contributed by atoms with Crippen molar-refractivity contribution in [2.45, 2.75) is 67.7 Å². The largest absolute Gasteiger partial charge is 0.468 e. The highest BCUT2D eigenvalue weighted by molar-refractivity contribution is 7.99. The van der Waals surface area contributed by atoms with Gasteiger partial charge in [0.15, 0.2) is 0 Å². The SMILES string of the molecule is O=C(NC1CCCCC1)N1CCN2C(=O)C3CC(SCc4ccco4)CN3C(=O)C2C1. The number of carbonyl (C=O) groups is 3. The van der Waals surface area contributed by atoms with Gasteiger partial charge in [0.2, 0.25) is 11.8 Å². The number of hydrogen-bond donors (Lipinski definition) is 1. The van der Waals surface area contributed by atoms with E-state index in [9.17, 15) is 14.4 Å². The van der Waals surface area contributed by atoms with Gasteiger partial charge in [-0.3, -0.25) is 9.59 Å². The lowest BCUT2D eigenvalue weighted by Gasteiger charge is -2.47. The molecule has 168 valence electrons. The highest BCUT2D eigenvalue weighted by atomic mass is 32.2. The molecule has 4 heterocycles. The molecule has 0 radical (unpaired) electrons. The Morgan fingerprint density at radius 1 is 1.06 bits per heavy atom. The van der Waals surface area contributed by atoms with Crippen LogP contribution in [0.15, 0.2) is 22.8 Å². The van der Waals surface area contributed by atoms with Crippen LogP contribution >= 0.6 is 11.8 Å². The standard InChI is InChI=1S/C22H30N4O4S/c27-20-18-11-17(31-14-16-7-4-10-30-16)12-26(18)21(28)19-13-24(8-9-25(19)20)22(29)23-15-5-2-1-3-6-15/h4,7,10,15,17-19H,1-3,5-6,8-9,11-14H2,(H,23,29). The summed E-state index contributed by atoms with van der Waals surface area (Å²) < 4.78 is 5.40. The predicted molar refractivity (Wildman–Crippen MR) is 116 cm³/mol. The van der Waals surface area contributed by atoms with Crippen LogP contribution in [0.2, 0.25) is 0 Å². The molecule has 1 saturated carbocycles. The van der Waals surface area contributed by atoms with Gasteiger partial charge in [-0.1, -0.05) is 19.3 Å². The van der Waals surface area contributed by atoms with Gasteiger partial charge in [0.05, 0.1) is 18.6 Å². The molecule has 1 aromatic heterocycles. The van der Waals surface area contributed by atoms with Crippen molar-refractivity contribution in [2.24, 2.45) is 0 Å². The Bertz CT molecular complexity index is 825. The summed E-state index contributed by atoms with van der Waals surface area (Å²) in [5, 5.41) is 3.36. The van der Waals surface area contributed by atoms with Gasteiger partial charge in [0.25, 0.3) is 0 Å². The fraction of sp³-hybridized carbons (Fsp3) is 0.682. The molecule has 0 spiro atoms. The molecule has 3 aliphatic heterocycles. The van der Waals surface area contributed by atoms with Crippen LogP contribution in [0.25, 0.3) is 0 Å². The summed E-state index contributed by atoms with van der Waals surface area (Å²) in [7, 11) is 0. The van der Waals surface area contributed by atoms with E-state index in [0.29, 0.717) is 26.1 Å². The Kier molecular flexibility index (Phi) is 5.86. The molecule has 5 rings (SSSR count). The number of furan rings is 1. The molecular formula is C22H30N4O4S. The van der Waals surface area contributed by atoms with Crippen molar-refractivity contribution in [3.8, 4) is 0 Å². The average molecular weight is 447 g/mol. The molecule has 4 amide bonds. The minimum Gasteiger partial charge on any atom is -0.468 e. The molecule has 3 atom stereocenters. The van der Waals surface area contributed by atoms with Gasteiger partial charge in [0, 0.05) is 30.9 Å². The average Bonchev–Trinajstić information content (AvgIpc) is 3.46. The number of fused-ring (bicyclic) bond motifs is 2. The van der Waals surface area contributed by atoms with E-state index in [1.54, 1.807) is 32.7 Å². The van der Waals surface area contributed by atoms with Crippen LogP contribution in [0.1, 0.15) is 44.3 Å². The molecule has 0 aromatic carbocycles. The molecule has 1 N–H and O–H groups in total. The molecule has 9 heteroatoms. The maximum absolute atomic E-state index is 13.3. The van der Waals surface area contributed by atoms with Crippen molar-refractivity contribution in [3.05, 3.63) is 24.2 Å². The fourth-order valence-corrected chi connectivity index (χ4v) is 6.48. The molecule has 31 heavy (non-hydrogen) atoms. The Hall–Kier alpha value is -2.16. The first kappa shape index (κ1) is 20.7. The zero-order valence-electron chi connectivity index (χ0n) is 17.7.